The molecule has 0 unspecified atom stereocenters. The third-order valence-electron chi connectivity index (χ3n) is 7.29. The minimum atomic E-state index is -0.359. The first-order valence-corrected chi connectivity index (χ1v) is 10.3. The average molecular weight is 367 g/mol. The maximum Gasteiger partial charge on any atom is 0.251 e. The molecule has 1 aromatic rings. The molecule has 0 radical (unpaired) electrons. The Kier molecular flexibility index (Phi) is 3.87. The summed E-state index contributed by atoms with van der Waals surface area (Å²) in [5.41, 5.74) is 1.84. The zero-order chi connectivity index (χ0) is 18.8. The third kappa shape index (κ3) is 2.87. The minimum Gasteiger partial charge on any atom is -0.378 e. The highest BCUT2D eigenvalue weighted by atomic mass is 16.2. The summed E-state index contributed by atoms with van der Waals surface area (Å²) in [6, 6.07) is 7.30. The van der Waals surface area contributed by atoms with Crippen molar-refractivity contribution in [1.82, 2.24) is 5.32 Å². The Labute approximate surface area is 161 Å². The van der Waals surface area contributed by atoms with Crippen molar-refractivity contribution in [3.8, 4) is 0 Å². The Morgan fingerprint density at radius 3 is 2.04 bits per heavy atom. The molecule has 6 rings (SSSR count). The number of hydrogen-bond acceptors (Lipinski definition) is 4. The number of carbonyl (C=O) groups excluding carboxylic acids is 2. The molecule has 4 bridgehead atoms. The second-order valence-electron chi connectivity index (χ2n) is 9.58. The fourth-order valence-corrected chi connectivity index (χ4v) is 6.57. The molecule has 5 fully saturated rings. The van der Waals surface area contributed by atoms with Crippen molar-refractivity contribution in [2.75, 3.05) is 23.9 Å². The fourth-order valence-electron chi connectivity index (χ4n) is 6.57. The van der Waals surface area contributed by atoms with E-state index in [1.54, 1.807) is 0 Å². The van der Waals surface area contributed by atoms with Crippen molar-refractivity contribution >= 4 is 23.2 Å². The molecule has 1 aliphatic heterocycles. The zero-order valence-corrected chi connectivity index (χ0v) is 16.3. The Balaban J connectivity index is 1.34. The van der Waals surface area contributed by atoms with Gasteiger partial charge in [0.05, 0.1) is 18.2 Å². The van der Waals surface area contributed by atoms with E-state index in [9.17, 15) is 9.59 Å². The molecule has 1 aromatic carbocycles. The van der Waals surface area contributed by atoms with Crippen LogP contribution < -0.4 is 15.1 Å². The molecule has 2 amide bonds. The van der Waals surface area contributed by atoms with E-state index in [1.165, 1.54) is 43.4 Å². The van der Waals surface area contributed by atoms with Gasteiger partial charge in [-0.15, -0.1) is 0 Å². The standard InChI is InChI=1S/C22H29N3O2/c1-24(2)17-3-5-18(6-4-17)25-20(26)10-19(21(25)27)23-22-11-14-7-15(12-22)9-16(8-14)13-22/h3-6,14-16,19,23H,7-13H2,1-2H3/t14?,15?,16?,19-,22?/m0/s1. The van der Waals surface area contributed by atoms with Crippen LogP contribution in [-0.2, 0) is 9.59 Å². The number of benzene rings is 1. The molecule has 144 valence electrons. The molecule has 1 N–H and O–H groups in total. The number of nitrogens with zero attached hydrogens (tertiary/aromatic N) is 2. The zero-order valence-electron chi connectivity index (χ0n) is 16.3. The van der Waals surface area contributed by atoms with E-state index in [2.05, 4.69) is 5.32 Å². The molecule has 1 heterocycles. The average Bonchev–Trinajstić information content (AvgIpc) is 2.86. The molecule has 0 aromatic heterocycles. The molecule has 4 aliphatic carbocycles. The quantitative estimate of drug-likeness (QED) is 0.832. The molecule has 27 heavy (non-hydrogen) atoms. The molecular weight excluding hydrogens is 338 g/mol. The van der Waals surface area contributed by atoms with Crippen LogP contribution in [0.1, 0.15) is 44.9 Å². The van der Waals surface area contributed by atoms with E-state index in [-0.39, 0.29) is 29.8 Å². The maximum absolute atomic E-state index is 13.1. The number of rotatable bonds is 4. The van der Waals surface area contributed by atoms with Gasteiger partial charge >= 0.3 is 0 Å². The molecule has 0 spiro atoms. The van der Waals surface area contributed by atoms with Gasteiger partial charge in [0.2, 0.25) is 5.91 Å². The van der Waals surface area contributed by atoms with Gasteiger partial charge in [-0.2, -0.15) is 0 Å². The van der Waals surface area contributed by atoms with Gasteiger partial charge in [-0.25, -0.2) is 4.90 Å². The lowest BCUT2D eigenvalue weighted by Gasteiger charge is -2.57. The van der Waals surface area contributed by atoms with Gasteiger partial charge in [-0.3, -0.25) is 14.9 Å². The summed E-state index contributed by atoms with van der Waals surface area (Å²) in [4.78, 5) is 29.1. The van der Waals surface area contributed by atoms with E-state index in [0.29, 0.717) is 5.69 Å². The number of amides is 2. The summed E-state index contributed by atoms with van der Waals surface area (Å²) < 4.78 is 0. The van der Waals surface area contributed by atoms with Gasteiger partial charge < -0.3 is 4.90 Å². The summed E-state index contributed by atoms with van der Waals surface area (Å²) >= 11 is 0. The summed E-state index contributed by atoms with van der Waals surface area (Å²) in [6.45, 7) is 0. The van der Waals surface area contributed by atoms with E-state index in [1.807, 2.05) is 43.3 Å². The van der Waals surface area contributed by atoms with Crippen LogP contribution in [0.4, 0.5) is 11.4 Å². The second-order valence-corrected chi connectivity index (χ2v) is 9.58. The van der Waals surface area contributed by atoms with Crippen molar-refractivity contribution in [1.29, 1.82) is 0 Å². The lowest BCUT2D eigenvalue weighted by atomic mass is 9.53. The summed E-state index contributed by atoms with van der Waals surface area (Å²) in [7, 11) is 3.96. The molecule has 5 aliphatic rings. The van der Waals surface area contributed by atoms with Gasteiger partial charge in [0.25, 0.3) is 5.91 Å². The van der Waals surface area contributed by atoms with Crippen molar-refractivity contribution in [2.45, 2.75) is 56.5 Å². The predicted octanol–water partition coefficient (Wildman–Crippen LogP) is 2.94. The van der Waals surface area contributed by atoms with Crippen molar-refractivity contribution in [3.05, 3.63) is 24.3 Å². The maximum atomic E-state index is 13.1. The first-order chi connectivity index (χ1) is 12.9. The van der Waals surface area contributed by atoms with Crippen LogP contribution in [0, 0.1) is 17.8 Å². The van der Waals surface area contributed by atoms with E-state index in [4.69, 9.17) is 0 Å². The Bertz CT molecular complexity index is 735. The first-order valence-electron chi connectivity index (χ1n) is 10.3. The monoisotopic (exact) mass is 367 g/mol. The molecule has 5 nitrogen and oxygen atoms in total. The van der Waals surface area contributed by atoms with Crippen LogP contribution in [-0.4, -0.2) is 37.5 Å². The number of hydrogen-bond donors (Lipinski definition) is 1. The number of carbonyl (C=O) groups is 2. The minimum absolute atomic E-state index is 0.0756. The highest BCUT2D eigenvalue weighted by Gasteiger charge is 2.53. The van der Waals surface area contributed by atoms with Gasteiger partial charge in [0.15, 0.2) is 0 Å². The van der Waals surface area contributed by atoms with E-state index in [0.717, 1.165) is 23.4 Å². The first kappa shape index (κ1) is 17.2. The highest BCUT2D eigenvalue weighted by Crippen LogP contribution is 2.55. The van der Waals surface area contributed by atoms with Gasteiger partial charge in [0.1, 0.15) is 0 Å². The van der Waals surface area contributed by atoms with E-state index < -0.39 is 0 Å². The van der Waals surface area contributed by atoms with E-state index >= 15 is 0 Å². The van der Waals surface area contributed by atoms with Crippen molar-refractivity contribution < 1.29 is 9.59 Å². The summed E-state index contributed by atoms with van der Waals surface area (Å²) in [5.74, 6) is 2.31. The third-order valence-corrected chi connectivity index (χ3v) is 7.29. The number of nitrogens with one attached hydrogen (secondary N) is 1. The molecular formula is C22H29N3O2. The van der Waals surface area contributed by atoms with Crippen LogP contribution >= 0.6 is 0 Å². The van der Waals surface area contributed by atoms with Gasteiger partial charge in [-0.05, 0) is 80.5 Å². The lowest BCUT2D eigenvalue weighted by Crippen LogP contribution is -2.61. The SMILES string of the molecule is CN(C)c1ccc(N2C(=O)C[C@H](NC34CC5CC(CC(C5)C3)C4)C2=O)cc1. The molecule has 1 saturated heterocycles. The van der Waals surface area contributed by atoms with Crippen LogP contribution in [0.3, 0.4) is 0 Å². The molecule has 1 atom stereocenters. The van der Waals surface area contributed by atoms with Crippen LogP contribution in [0.25, 0.3) is 0 Å². The fraction of sp³-hybridized carbons (Fsp3) is 0.636. The number of imide groups is 1. The van der Waals surface area contributed by atoms with Gasteiger partial charge in [0, 0.05) is 25.3 Å². The van der Waals surface area contributed by atoms with Gasteiger partial charge in [-0.1, -0.05) is 0 Å². The lowest BCUT2D eigenvalue weighted by molar-refractivity contribution is -0.122. The van der Waals surface area contributed by atoms with Crippen molar-refractivity contribution in [2.24, 2.45) is 17.8 Å². The molecule has 4 saturated carbocycles. The van der Waals surface area contributed by atoms with Crippen LogP contribution in [0.2, 0.25) is 0 Å². The largest absolute Gasteiger partial charge is 0.378 e. The van der Waals surface area contributed by atoms with Crippen molar-refractivity contribution in [3.63, 3.8) is 0 Å². The normalized spacial score (nSPS) is 37.3. The Hall–Kier alpha value is -1.88. The smallest absolute Gasteiger partial charge is 0.251 e. The number of anilines is 2. The summed E-state index contributed by atoms with van der Waals surface area (Å²) in [6.07, 6.45) is 7.99. The Morgan fingerprint density at radius 2 is 1.52 bits per heavy atom. The highest BCUT2D eigenvalue weighted by molar-refractivity contribution is 6.22. The van der Waals surface area contributed by atoms with Crippen LogP contribution in [0.5, 0.6) is 0 Å². The Morgan fingerprint density at radius 1 is 0.963 bits per heavy atom. The topological polar surface area (TPSA) is 52.6 Å². The molecule has 5 heteroatoms. The van der Waals surface area contributed by atoms with Crippen LogP contribution in [0.15, 0.2) is 24.3 Å². The summed E-state index contributed by atoms with van der Waals surface area (Å²) in [5, 5.41) is 3.71. The predicted molar refractivity (Wildman–Crippen MR) is 106 cm³/mol. The second kappa shape index (κ2) is 6.06.